The minimum absolute atomic E-state index is 0.0132. The number of nitrogens with one attached hydrogen (secondary N) is 2. The van der Waals surface area contributed by atoms with E-state index in [0.717, 1.165) is 46.1 Å². The number of hydrogen-bond acceptors (Lipinski definition) is 7. The largest absolute Gasteiger partial charge is 0.346 e. The molecule has 0 unspecified atom stereocenters. The lowest BCUT2D eigenvalue weighted by Crippen LogP contribution is -2.35. The first-order valence-electron chi connectivity index (χ1n) is 13.1. The fourth-order valence-electron chi connectivity index (χ4n) is 5.07. The summed E-state index contributed by atoms with van der Waals surface area (Å²) in [7, 11) is 0. The van der Waals surface area contributed by atoms with E-state index in [0.29, 0.717) is 24.6 Å². The highest BCUT2D eigenvalue weighted by atomic mass is 32.1. The van der Waals surface area contributed by atoms with Crippen molar-refractivity contribution in [2.24, 2.45) is 0 Å². The number of anilines is 2. The molecule has 0 radical (unpaired) electrons. The number of aryl methyl sites for hydroxylation is 1. The summed E-state index contributed by atoms with van der Waals surface area (Å²) in [6.45, 7) is 4.04. The summed E-state index contributed by atoms with van der Waals surface area (Å²) >= 11 is 1.75. The second-order valence-electron chi connectivity index (χ2n) is 9.84. The van der Waals surface area contributed by atoms with E-state index in [1.807, 2.05) is 54.7 Å². The van der Waals surface area contributed by atoms with Crippen molar-refractivity contribution in [3.8, 4) is 10.6 Å². The molecule has 0 saturated heterocycles. The van der Waals surface area contributed by atoms with Crippen LogP contribution in [-0.4, -0.2) is 46.8 Å². The van der Waals surface area contributed by atoms with E-state index in [9.17, 15) is 4.79 Å². The minimum Gasteiger partial charge on any atom is -0.346 e. The SMILES string of the molecule is Cc1nccn1Cc1ccc(Nc2nc(-c3cc4c(s3)CCN(C(=O)c3cccnc3)C4)c3cc[nH]c3n2)cc1. The van der Waals surface area contributed by atoms with Gasteiger partial charge in [-0.3, -0.25) is 9.78 Å². The number of benzene rings is 1. The Kier molecular flexibility index (Phi) is 6.09. The molecular weight excluding hydrogens is 520 g/mol. The molecule has 6 heterocycles. The molecule has 40 heavy (non-hydrogen) atoms. The Bertz CT molecular complexity index is 1820. The lowest BCUT2D eigenvalue weighted by Gasteiger charge is -2.26. The summed E-state index contributed by atoms with van der Waals surface area (Å²) in [5.74, 6) is 1.53. The number of carbonyl (C=O) groups is 1. The lowest BCUT2D eigenvalue weighted by molar-refractivity contribution is 0.0735. The molecule has 198 valence electrons. The van der Waals surface area contributed by atoms with Crippen molar-refractivity contribution < 1.29 is 4.79 Å². The molecule has 1 aliphatic heterocycles. The number of nitrogens with zero attached hydrogens (tertiary/aromatic N) is 6. The first kappa shape index (κ1) is 24.2. The third-order valence-corrected chi connectivity index (χ3v) is 8.44. The number of carbonyl (C=O) groups excluding carboxylic acids is 1. The van der Waals surface area contributed by atoms with Gasteiger partial charge >= 0.3 is 0 Å². The van der Waals surface area contributed by atoms with Crippen LogP contribution in [-0.2, 0) is 19.5 Å². The molecule has 0 atom stereocenters. The molecule has 7 rings (SSSR count). The Balaban J connectivity index is 1.14. The summed E-state index contributed by atoms with van der Waals surface area (Å²) in [5, 5.41) is 4.35. The molecule has 1 amide bonds. The number of imidazole rings is 1. The van der Waals surface area contributed by atoms with Crippen LogP contribution in [0.3, 0.4) is 0 Å². The molecule has 2 N–H and O–H groups in total. The van der Waals surface area contributed by atoms with E-state index in [-0.39, 0.29) is 5.91 Å². The van der Waals surface area contributed by atoms with Crippen molar-refractivity contribution in [3.63, 3.8) is 0 Å². The Labute approximate surface area is 234 Å². The summed E-state index contributed by atoms with van der Waals surface area (Å²) in [6, 6.07) is 16.1. The summed E-state index contributed by atoms with van der Waals surface area (Å²) in [5.41, 5.74) is 5.55. The van der Waals surface area contributed by atoms with Gasteiger partial charge in [0.1, 0.15) is 11.5 Å². The first-order valence-corrected chi connectivity index (χ1v) is 13.9. The highest BCUT2D eigenvalue weighted by molar-refractivity contribution is 7.15. The molecule has 0 bridgehead atoms. The number of pyridine rings is 1. The van der Waals surface area contributed by atoms with E-state index >= 15 is 0 Å². The molecule has 6 aromatic rings. The van der Waals surface area contributed by atoms with Gasteiger partial charge in [0.15, 0.2) is 0 Å². The van der Waals surface area contributed by atoms with Gasteiger partial charge in [0, 0.05) is 66.6 Å². The average Bonchev–Trinajstić information content (AvgIpc) is 3.73. The van der Waals surface area contributed by atoms with Gasteiger partial charge in [-0.2, -0.15) is 4.98 Å². The molecule has 0 saturated carbocycles. The Hall–Kier alpha value is -4.83. The molecule has 1 aliphatic rings. The molecule has 5 aromatic heterocycles. The van der Waals surface area contributed by atoms with Crippen molar-refractivity contribution in [1.82, 2.24) is 34.4 Å². The number of fused-ring (bicyclic) bond motifs is 2. The topological polar surface area (TPSA) is 105 Å². The van der Waals surface area contributed by atoms with Gasteiger partial charge in [0.05, 0.1) is 16.1 Å². The summed E-state index contributed by atoms with van der Waals surface area (Å²) < 4.78 is 2.12. The number of hydrogen-bond donors (Lipinski definition) is 2. The van der Waals surface area contributed by atoms with Crippen LogP contribution in [0.25, 0.3) is 21.6 Å². The second kappa shape index (κ2) is 10.0. The number of thiophene rings is 1. The van der Waals surface area contributed by atoms with Gasteiger partial charge in [-0.05, 0) is 60.9 Å². The Morgan fingerprint density at radius 1 is 1.12 bits per heavy atom. The molecule has 0 fully saturated rings. The van der Waals surface area contributed by atoms with Crippen molar-refractivity contribution >= 4 is 39.9 Å². The zero-order valence-electron chi connectivity index (χ0n) is 21.8. The van der Waals surface area contributed by atoms with Crippen LogP contribution in [0, 0.1) is 6.92 Å². The number of H-pyrrole nitrogens is 1. The second-order valence-corrected chi connectivity index (χ2v) is 11.0. The van der Waals surface area contributed by atoms with Crippen LogP contribution in [0.15, 0.2) is 79.5 Å². The molecular formula is C30H26N8OS. The maximum absolute atomic E-state index is 13.0. The molecule has 9 nitrogen and oxygen atoms in total. The van der Waals surface area contributed by atoms with Crippen LogP contribution in [0.5, 0.6) is 0 Å². The number of rotatable bonds is 6. The van der Waals surface area contributed by atoms with Gasteiger partial charge in [-0.15, -0.1) is 11.3 Å². The number of amides is 1. The third kappa shape index (κ3) is 4.62. The van der Waals surface area contributed by atoms with Crippen LogP contribution >= 0.6 is 11.3 Å². The highest BCUT2D eigenvalue weighted by Crippen LogP contribution is 2.37. The van der Waals surface area contributed by atoms with Gasteiger partial charge in [0.2, 0.25) is 5.95 Å². The Morgan fingerprint density at radius 3 is 2.83 bits per heavy atom. The van der Waals surface area contributed by atoms with E-state index in [4.69, 9.17) is 9.97 Å². The predicted octanol–water partition coefficient (Wildman–Crippen LogP) is 5.58. The fraction of sp³-hybridized carbons (Fsp3) is 0.167. The normalized spacial score (nSPS) is 13.0. The van der Waals surface area contributed by atoms with E-state index in [1.165, 1.54) is 16.0 Å². The smallest absolute Gasteiger partial charge is 0.255 e. The maximum Gasteiger partial charge on any atom is 0.255 e. The van der Waals surface area contributed by atoms with E-state index < -0.39 is 0 Å². The van der Waals surface area contributed by atoms with Crippen molar-refractivity contribution in [2.45, 2.75) is 26.4 Å². The number of aromatic amines is 1. The standard InChI is InChI=1S/C30H26N8OS/c1-19-32-12-14-37(19)17-20-4-6-23(7-5-20)34-30-35-27(24-8-11-33-28(24)36-30)26-15-22-18-38(13-9-25(22)40-26)29(39)21-3-2-10-31-16-21/h2-8,10-12,14-16H,9,13,17-18H2,1H3,(H2,33,34,35,36). The first-order chi connectivity index (χ1) is 19.6. The van der Waals surface area contributed by atoms with E-state index in [2.05, 4.69) is 43.0 Å². The minimum atomic E-state index is 0.0132. The quantitative estimate of drug-likeness (QED) is 0.283. The summed E-state index contributed by atoms with van der Waals surface area (Å²) in [4.78, 5) is 38.6. The zero-order valence-corrected chi connectivity index (χ0v) is 22.7. The maximum atomic E-state index is 13.0. The summed E-state index contributed by atoms with van der Waals surface area (Å²) in [6.07, 6.45) is 9.83. The monoisotopic (exact) mass is 546 g/mol. The molecule has 0 aliphatic carbocycles. The Morgan fingerprint density at radius 2 is 2.02 bits per heavy atom. The van der Waals surface area contributed by atoms with Crippen molar-refractivity contribution in [3.05, 3.63) is 107 Å². The van der Waals surface area contributed by atoms with Crippen LogP contribution in [0.1, 0.15) is 32.2 Å². The zero-order chi connectivity index (χ0) is 27.1. The number of aromatic nitrogens is 6. The van der Waals surface area contributed by atoms with Crippen molar-refractivity contribution in [2.75, 3.05) is 11.9 Å². The van der Waals surface area contributed by atoms with Crippen LogP contribution < -0.4 is 5.32 Å². The van der Waals surface area contributed by atoms with Crippen molar-refractivity contribution in [1.29, 1.82) is 0 Å². The molecule has 0 spiro atoms. The van der Waals surface area contributed by atoms with Gasteiger partial charge in [-0.25, -0.2) is 9.97 Å². The van der Waals surface area contributed by atoms with Gasteiger partial charge in [0.25, 0.3) is 5.91 Å². The van der Waals surface area contributed by atoms with Gasteiger partial charge in [-0.1, -0.05) is 12.1 Å². The average molecular weight is 547 g/mol. The third-order valence-electron chi connectivity index (χ3n) is 7.20. The van der Waals surface area contributed by atoms with E-state index in [1.54, 1.807) is 29.8 Å². The highest BCUT2D eigenvalue weighted by Gasteiger charge is 2.25. The fourth-order valence-corrected chi connectivity index (χ4v) is 6.24. The molecule has 1 aromatic carbocycles. The molecule has 10 heteroatoms. The predicted molar refractivity (Wildman–Crippen MR) is 156 cm³/mol. The lowest BCUT2D eigenvalue weighted by atomic mass is 10.1. The van der Waals surface area contributed by atoms with Crippen LogP contribution in [0.4, 0.5) is 11.6 Å². The van der Waals surface area contributed by atoms with Crippen LogP contribution in [0.2, 0.25) is 0 Å². The van der Waals surface area contributed by atoms with Gasteiger partial charge < -0.3 is 19.8 Å².